The molecule has 2 aromatic heterocycles. The second-order valence-corrected chi connectivity index (χ2v) is 4.81. The average Bonchev–Trinajstić information content (AvgIpc) is 2.96. The van der Waals surface area contributed by atoms with Gasteiger partial charge in [0, 0.05) is 12.6 Å². The third kappa shape index (κ3) is 2.90. The maximum atomic E-state index is 5.97. The molecule has 1 N–H and O–H groups in total. The Balaban J connectivity index is 1.73. The van der Waals surface area contributed by atoms with Crippen molar-refractivity contribution in [3.63, 3.8) is 0 Å². The number of nitrogens with zero attached hydrogens (tertiary/aromatic N) is 4. The van der Waals surface area contributed by atoms with E-state index < -0.39 is 0 Å². The molecule has 0 saturated carbocycles. The number of aromatic nitrogens is 4. The summed E-state index contributed by atoms with van der Waals surface area (Å²) in [5.74, 6) is 2.12. The number of benzene rings is 1. The van der Waals surface area contributed by atoms with Crippen LogP contribution in [0.4, 0.5) is 5.82 Å². The summed E-state index contributed by atoms with van der Waals surface area (Å²) >= 11 is 5.97. The summed E-state index contributed by atoms with van der Waals surface area (Å²) < 4.78 is 6.96. The molecule has 0 atom stereocenters. The number of nitrogens with one attached hydrogen (secondary N) is 1. The van der Waals surface area contributed by atoms with Crippen LogP contribution in [0.5, 0.6) is 5.75 Å². The van der Waals surface area contributed by atoms with Crippen molar-refractivity contribution in [1.29, 1.82) is 0 Å². The Morgan fingerprint density at radius 2 is 2.19 bits per heavy atom. The minimum absolute atomic E-state index is 0.385. The van der Waals surface area contributed by atoms with Gasteiger partial charge in [-0.1, -0.05) is 29.8 Å². The molecular formula is C14H14ClN5O. The SMILES string of the molecule is COc1ccccc1CCNc1cc(Cl)nc2ncnn12. The average molecular weight is 304 g/mol. The Morgan fingerprint density at radius 3 is 3.05 bits per heavy atom. The fourth-order valence-electron chi connectivity index (χ4n) is 2.14. The largest absolute Gasteiger partial charge is 0.496 e. The number of halogens is 1. The molecule has 0 aliphatic heterocycles. The van der Waals surface area contributed by atoms with Gasteiger partial charge in [0.1, 0.15) is 23.0 Å². The van der Waals surface area contributed by atoms with Crippen molar-refractivity contribution < 1.29 is 4.74 Å². The molecule has 0 amide bonds. The zero-order valence-corrected chi connectivity index (χ0v) is 12.2. The van der Waals surface area contributed by atoms with Crippen molar-refractivity contribution in [2.75, 3.05) is 19.0 Å². The molecule has 2 heterocycles. The molecule has 3 aromatic rings. The van der Waals surface area contributed by atoms with Gasteiger partial charge in [-0.3, -0.25) is 0 Å². The number of anilines is 1. The van der Waals surface area contributed by atoms with E-state index >= 15 is 0 Å². The van der Waals surface area contributed by atoms with E-state index in [-0.39, 0.29) is 0 Å². The van der Waals surface area contributed by atoms with Crippen molar-refractivity contribution in [1.82, 2.24) is 19.6 Å². The van der Waals surface area contributed by atoms with Crippen LogP contribution in [0.1, 0.15) is 5.56 Å². The first-order valence-electron chi connectivity index (χ1n) is 6.50. The van der Waals surface area contributed by atoms with Crippen LogP contribution in [0.2, 0.25) is 5.15 Å². The van der Waals surface area contributed by atoms with Crippen LogP contribution in [0.3, 0.4) is 0 Å². The number of methoxy groups -OCH3 is 1. The van der Waals surface area contributed by atoms with E-state index in [2.05, 4.69) is 20.4 Å². The topological polar surface area (TPSA) is 64.3 Å². The minimum Gasteiger partial charge on any atom is -0.496 e. The molecule has 1 aromatic carbocycles. The van der Waals surface area contributed by atoms with Gasteiger partial charge < -0.3 is 10.1 Å². The van der Waals surface area contributed by atoms with E-state index in [9.17, 15) is 0 Å². The Bertz CT molecular complexity index is 758. The standard InChI is InChI=1S/C14H14ClN5O/c1-21-11-5-3-2-4-10(11)6-7-16-13-8-12(15)19-14-17-9-18-20(13)14/h2-5,8-9,16H,6-7H2,1H3. The lowest BCUT2D eigenvalue weighted by Crippen LogP contribution is -2.10. The third-order valence-corrected chi connectivity index (χ3v) is 3.31. The predicted molar refractivity (Wildman–Crippen MR) is 81.0 cm³/mol. The number of ether oxygens (including phenoxy) is 1. The van der Waals surface area contributed by atoms with Gasteiger partial charge in [-0.15, -0.1) is 0 Å². The minimum atomic E-state index is 0.385. The van der Waals surface area contributed by atoms with E-state index in [0.29, 0.717) is 10.9 Å². The molecule has 0 fully saturated rings. The van der Waals surface area contributed by atoms with Crippen molar-refractivity contribution in [3.8, 4) is 5.75 Å². The van der Waals surface area contributed by atoms with Gasteiger partial charge >= 0.3 is 0 Å². The van der Waals surface area contributed by atoms with Gasteiger partial charge in [-0.05, 0) is 18.1 Å². The Morgan fingerprint density at radius 1 is 1.33 bits per heavy atom. The fraction of sp³-hybridized carbons (Fsp3) is 0.214. The van der Waals surface area contributed by atoms with Gasteiger partial charge in [0.2, 0.25) is 0 Å². The van der Waals surface area contributed by atoms with Gasteiger partial charge in [-0.25, -0.2) is 0 Å². The molecule has 0 aliphatic carbocycles. The van der Waals surface area contributed by atoms with Crippen LogP contribution in [0.15, 0.2) is 36.7 Å². The number of fused-ring (bicyclic) bond motifs is 1. The molecule has 7 heteroatoms. The Labute approximate surface area is 126 Å². The van der Waals surface area contributed by atoms with E-state index in [0.717, 1.165) is 30.1 Å². The van der Waals surface area contributed by atoms with Crippen LogP contribution < -0.4 is 10.1 Å². The molecule has 0 aliphatic rings. The number of hydrogen-bond acceptors (Lipinski definition) is 5. The summed E-state index contributed by atoms with van der Waals surface area (Å²) in [4.78, 5) is 8.11. The van der Waals surface area contributed by atoms with Crippen LogP contribution >= 0.6 is 11.6 Å². The monoisotopic (exact) mass is 303 g/mol. The maximum absolute atomic E-state index is 5.97. The zero-order chi connectivity index (χ0) is 14.7. The lowest BCUT2D eigenvalue weighted by Gasteiger charge is -2.10. The van der Waals surface area contributed by atoms with Crippen molar-refractivity contribution >= 4 is 23.2 Å². The molecule has 0 radical (unpaired) electrons. The smallest absolute Gasteiger partial charge is 0.255 e. The van der Waals surface area contributed by atoms with Crippen LogP contribution in [-0.4, -0.2) is 33.2 Å². The van der Waals surface area contributed by atoms with E-state index in [1.165, 1.54) is 6.33 Å². The third-order valence-electron chi connectivity index (χ3n) is 3.11. The van der Waals surface area contributed by atoms with Crippen LogP contribution in [-0.2, 0) is 6.42 Å². The maximum Gasteiger partial charge on any atom is 0.255 e. The van der Waals surface area contributed by atoms with Crippen molar-refractivity contribution in [3.05, 3.63) is 47.4 Å². The molecule has 0 spiro atoms. The van der Waals surface area contributed by atoms with Crippen molar-refractivity contribution in [2.24, 2.45) is 0 Å². The molecule has 0 bridgehead atoms. The summed E-state index contributed by atoms with van der Waals surface area (Å²) in [7, 11) is 1.67. The summed E-state index contributed by atoms with van der Waals surface area (Å²) in [6, 6.07) is 9.68. The summed E-state index contributed by atoms with van der Waals surface area (Å²) in [6.45, 7) is 0.718. The zero-order valence-electron chi connectivity index (χ0n) is 11.5. The second-order valence-electron chi connectivity index (χ2n) is 4.42. The second kappa shape index (κ2) is 5.97. The summed E-state index contributed by atoms with van der Waals surface area (Å²) in [6.07, 6.45) is 2.27. The molecule has 6 nitrogen and oxygen atoms in total. The number of para-hydroxylation sites is 1. The lowest BCUT2D eigenvalue weighted by atomic mass is 10.1. The van der Waals surface area contributed by atoms with E-state index in [1.807, 2.05) is 24.3 Å². The molecule has 21 heavy (non-hydrogen) atoms. The highest BCUT2D eigenvalue weighted by Crippen LogP contribution is 2.18. The predicted octanol–water partition coefficient (Wildman–Crippen LogP) is 2.44. The van der Waals surface area contributed by atoms with Gasteiger partial charge in [0.15, 0.2) is 0 Å². The first-order chi connectivity index (χ1) is 10.3. The van der Waals surface area contributed by atoms with Gasteiger partial charge in [0.25, 0.3) is 5.78 Å². The van der Waals surface area contributed by atoms with Crippen LogP contribution in [0.25, 0.3) is 5.78 Å². The first kappa shape index (κ1) is 13.6. The van der Waals surface area contributed by atoms with Crippen LogP contribution in [0, 0.1) is 0 Å². The Hall–Kier alpha value is -2.34. The number of rotatable bonds is 5. The first-order valence-corrected chi connectivity index (χ1v) is 6.88. The van der Waals surface area contributed by atoms with E-state index in [4.69, 9.17) is 16.3 Å². The van der Waals surface area contributed by atoms with E-state index in [1.54, 1.807) is 17.7 Å². The van der Waals surface area contributed by atoms with Gasteiger partial charge in [0.05, 0.1) is 7.11 Å². The summed E-state index contributed by atoms with van der Waals surface area (Å²) in [5, 5.41) is 7.80. The molecule has 0 saturated heterocycles. The number of hydrogen-bond donors (Lipinski definition) is 1. The van der Waals surface area contributed by atoms with Gasteiger partial charge in [-0.2, -0.15) is 19.6 Å². The highest BCUT2D eigenvalue weighted by Gasteiger charge is 2.07. The summed E-state index contributed by atoms with van der Waals surface area (Å²) in [5.41, 5.74) is 1.14. The highest BCUT2D eigenvalue weighted by atomic mass is 35.5. The molecule has 108 valence electrons. The quantitative estimate of drug-likeness (QED) is 0.733. The normalized spacial score (nSPS) is 10.8. The fourth-order valence-corrected chi connectivity index (χ4v) is 2.32. The highest BCUT2D eigenvalue weighted by molar-refractivity contribution is 6.29. The molecular weight excluding hydrogens is 290 g/mol. The molecule has 3 rings (SSSR count). The Kier molecular flexibility index (Phi) is 3.87. The lowest BCUT2D eigenvalue weighted by molar-refractivity contribution is 0.410. The molecule has 0 unspecified atom stereocenters. The van der Waals surface area contributed by atoms with Crippen molar-refractivity contribution in [2.45, 2.75) is 6.42 Å².